The number of nitrogens with one attached hydrogen (secondary N) is 2. The summed E-state index contributed by atoms with van der Waals surface area (Å²) in [6, 6.07) is 11.3. The second-order valence-corrected chi connectivity index (χ2v) is 19.8. The molecule has 370 valence electrons. The summed E-state index contributed by atoms with van der Waals surface area (Å²) < 4.78 is 11.7. The van der Waals surface area contributed by atoms with Crippen LogP contribution in [0.5, 0.6) is 5.75 Å². The van der Waals surface area contributed by atoms with Crippen LogP contribution in [0, 0.1) is 39.7 Å². The Labute approximate surface area is 405 Å². The number of ether oxygens (including phenoxy) is 2. The maximum absolute atomic E-state index is 14.9. The lowest BCUT2D eigenvalue weighted by atomic mass is 9.84. The zero-order valence-electron chi connectivity index (χ0n) is 40.8. The van der Waals surface area contributed by atoms with Gasteiger partial charge in [0, 0.05) is 49.8 Å². The van der Waals surface area contributed by atoms with Crippen LogP contribution in [0.1, 0.15) is 139 Å². The van der Waals surface area contributed by atoms with Gasteiger partial charge >= 0.3 is 17.6 Å². The molecule has 3 N–H and O–H groups in total. The van der Waals surface area contributed by atoms with E-state index in [-0.39, 0.29) is 72.7 Å². The highest BCUT2D eigenvalue weighted by atomic mass is 32.1. The van der Waals surface area contributed by atoms with Crippen LogP contribution in [0.3, 0.4) is 0 Å². The standard InChI is InChI=1S/C51H70N6O10S/c1-10-12-13-18-26-56(49(61)45(34(5)11-2)54-47(60)40-22-17-19-25-55(40)9)41(33(3)4)29-44(67-35(6)58)48-53-39(32-68-48)46(59)52-38(30-51(7,8)50(62)63)27-37-23-24-43(42(28-37)57(64)65)66-31-36-20-15-14-16-21-36/h1,14-16,20-21,23-24,28,32-34,38,40-41,44-45H,11-13,17-19,22,25-27,29-31H2,2-9H3,(H,52,59)(H,54,60)(H,62,63)/t34?,38?,40-,41?,44?,45?/m1/s1. The van der Waals surface area contributed by atoms with Crippen LogP contribution in [0.4, 0.5) is 5.69 Å². The molecule has 1 aromatic heterocycles. The van der Waals surface area contributed by atoms with Gasteiger partial charge in [-0.05, 0) is 95.0 Å². The number of nitro benzene ring substituents is 1. The van der Waals surface area contributed by atoms with E-state index >= 15 is 0 Å². The van der Waals surface area contributed by atoms with Crippen LogP contribution < -0.4 is 15.4 Å². The first kappa shape index (κ1) is 54.7. The Kier molecular flexibility index (Phi) is 21.0. The molecule has 2 aromatic carbocycles. The van der Waals surface area contributed by atoms with Gasteiger partial charge in [0.05, 0.1) is 16.4 Å². The lowest BCUT2D eigenvalue weighted by molar-refractivity contribution is -0.386. The van der Waals surface area contributed by atoms with E-state index in [2.05, 4.69) is 21.5 Å². The van der Waals surface area contributed by atoms with Crippen LogP contribution in [0.25, 0.3) is 0 Å². The summed E-state index contributed by atoms with van der Waals surface area (Å²) in [5.74, 6) is -0.333. The van der Waals surface area contributed by atoms with Gasteiger partial charge in [0.2, 0.25) is 11.8 Å². The second kappa shape index (κ2) is 26.0. The molecule has 4 rings (SSSR count). The van der Waals surface area contributed by atoms with Crippen LogP contribution in [0.2, 0.25) is 0 Å². The number of nitro groups is 1. The Balaban J connectivity index is 1.62. The van der Waals surface area contributed by atoms with Crippen molar-refractivity contribution in [3.05, 3.63) is 85.9 Å². The minimum absolute atomic E-state index is 0.00790. The fourth-order valence-corrected chi connectivity index (χ4v) is 9.33. The molecule has 1 aliphatic rings. The smallest absolute Gasteiger partial charge is 0.311 e. The van der Waals surface area contributed by atoms with Crippen molar-refractivity contribution in [2.24, 2.45) is 17.3 Å². The lowest BCUT2D eigenvalue weighted by Gasteiger charge is -2.40. The van der Waals surface area contributed by atoms with Gasteiger partial charge < -0.3 is 30.1 Å². The number of hydrogen-bond donors (Lipinski definition) is 3. The summed E-state index contributed by atoms with van der Waals surface area (Å²) in [6.45, 7) is 13.5. The number of carboxylic acid groups (broad SMARTS) is 1. The number of terminal acetylenes is 1. The molecule has 0 saturated carbocycles. The van der Waals surface area contributed by atoms with E-state index in [1.807, 2.05) is 70.0 Å². The summed E-state index contributed by atoms with van der Waals surface area (Å²) in [7, 11) is 1.93. The number of carbonyl (C=O) groups is 5. The van der Waals surface area contributed by atoms with Crippen LogP contribution >= 0.6 is 11.3 Å². The molecule has 68 heavy (non-hydrogen) atoms. The van der Waals surface area contributed by atoms with Gasteiger partial charge in [-0.2, -0.15) is 0 Å². The third kappa shape index (κ3) is 15.9. The summed E-state index contributed by atoms with van der Waals surface area (Å²) >= 11 is 1.10. The van der Waals surface area contributed by atoms with Gasteiger partial charge in [0.15, 0.2) is 11.9 Å². The van der Waals surface area contributed by atoms with Crippen molar-refractivity contribution in [1.82, 2.24) is 25.4 Å². The molecule has 0 spiro atoms. The zero-order valence-corrected chi connectivity index (χ0v) is 41.6. The van der Waals surface area contributed by atoms with Crippen LogP contribution in [-0.4, -0.2) is 98.8 Å². The lowest BCUT2D eigenvalue weighted by Crippen LogP contribution is -2.59. The highest BCUT2D eigenvalue weighted by Crippen LogP contribution is 2.34. The molecule has 0 bridgehead atoms. The average molecular weight is 959 g/mol. The van der Waals surface area contributed by atoms with Crippen LogP contribution in [0.15, 0.2) is 53.9 Å². The quantitative estimate of drug-likeness (QED) is 0.0229. The Hall–Kier alpha value is -5.86. The first-order chi connectivity index (χ1) is 32.3. The largest absolute Gasteiger partial charge is 0.482 e. The maximum Gasteiger partial charge on any atom is 0.311 e. The molecule has 6 atom stereocenters. The second-order valence-electron chi connectivity index (χ2n) is 18.9. The third-order valence-corrected chi connectivity index (χ3v) is 13.6. The molecule has 1 saturated heterocycles. The predicted octanol–water partition coefficient (Wildman–Crippen LogP) is 8.14. The molecule has 5 unspecified atom stereocenters. The third-order valence-electron chi connectivity index (χ3n) is 12.7. The van der Waals surface area contributed by atoms with Crippen molar-refractivity contribution < 1.29 is 43.5 Å². The Bertz CT molecular complexity index is 2220. The molecule has 0 aliphatic carbocycles. The molecule has 1 fully saturated rings. The van der Waals surface area contributed by atoms with Gasteiger partial charge in [-0.1, -0.05) is 76.9 Å². The fraction of sp³-hybridized carbons (Fsp3) is 0.569. The number of carbonyl (C=O) groups excluding carboxylic acids is 4. The van der Waals surface area contributed by atoms with E-state index in [4.69, 9.17) is 15.9 Å². The molecule has 17 heteroatoms. The average Bonchev–Trinajstić information content (AvgIpc) is 3.80. The number of aromatic nitrogens is 1. The number of hydrogen-bond acceptors (Lipinski definition) is 12. The van der Waals surface area contributed by atoms with Gasteiger partial charge in [0.1, 0.15) is 23.4 Å². The summed E-state index contributed by atoms with van der Waals surface area (Å²) in [5.41, 5.74) is -0.283. The number of likely N-dealkylation sites (N-methyl/N-ethyl adjacent to an activating group) is 1. The van der Waals surface area contributed by atoms with E-state index in [1.165, 1.54) is 38.3 Å². The Morgan fingerprint density at radius 2 is 1.79 bits per heavy atom. The number of aliphatic carboxylic acids is 1. The number of likely N-dealkylation sites (tertiary alicyclic amines) is 1. The summed E-state index contributed by atoms with van der Waals surface area (Å²) in [5, 5.41) is 30.1. The minimum Gasteiger partial charge on any atom is -0.482 e. The van der Waals surface area contributed by atoms with Crippen molar-refractivity contribution in [3.63, 3.8) is 0 Å². The number of benzene rings is 2. The molecule has 3 aromatic rings. The number of piperidine rings is 1. The van der Waals surface area contributed by atoms with Gasteiger partial charge in [-0.25, -0.2) is 4.98 Å². The van der Waals surface area contributed by atoms with Gasteiger partial charge in [-0.3, -0.25) is 39.0 Å². The first-order valence-electron chi connectivity index (χ1n) is 23.6. The summed E-state index contributed by atoms with van der Waals surface area (Å²) in [6.07, 6.45) is 9.85. The number of nitrogens with zero attached hydrogens (tertiary/aromatic N) is 4. The summed E-state index contributed by atoms with van der Waals surface area (Å²) in [4.78, 5) is 87.9. The van der Waals surface area contributed by atoms with E-state index in [9.17, 15) is 39.2 Å². The minimum atomic E-state index is -1.30. The number of thiazole rings is 1. The van der Waals surface area contributed by atoms with Crippen molar-refractivity contribution in [3.8, 4) is 18.1 Å². The zero-order chi connectivity index (χ0) is 50.1. The van der Waals surface area contributed by atoms with Crippen molar-refractivity contribution >= 4 is 46.7 Å². The SMILES string of the molecule is C#CCCCCN(C(=O)C(NC(=O)[C@H]1CCCCN1C)C(C)CC)C(CC(OC(C)=O)c1nc(C(=O)NC(Cc2ccc(OCc3ccccc3)c([N+](=O)[O-])c2)CC(C)(C)C(=O)O)cs1)C(C)C. The Morgan fingerprint density at radius 1 is 1.07 bits per heavy atom. The van der Waals surface area contributed by atoms with Crippen molar-refractivity contribution in [2.45, 2.75) is 150 Å². The molecule has 0 radical (unpaired) electrons. The molecule has 1 aliphatic heterocycles. The van der Waals surface area contributed by atoms with E-state index in [0.29, 0.717) is 49.2 Å². The van der Waals surface area contributed by atoms with E-state index in [0.717, 1.165) is 36.3 Å². The van der Waals surface area contributed by atoms with Gasteiger partial charge in [-0.15, -0.1) is 23.7 Å². The number of rotatable bonds is 26. The van der Waals surface area contributed by atoms with E-state index in [1.54, 1.807) is 11.0 Å². The highest BCUT2D eigenvalue weighted by Gasteiger charge is 2.39. The molecule has 2 heterocycles. The highest BCUT2D eigenvalue weighted by molar-refractivity contribution is 7.09. The Morgan fingerprint density at radius 3 is 2.41 bits per heavy atom. The van der Waals surface area contributed by atoms with Crippen molar-refractivity contribution in [2.75, 3.05) is 20.1 Å². The van der Waals surface area contributed by atoms with Crippen molar-refractivity contribution in [1.29, 1.82) is 0 Å². The maximum atomic E-state index is 14.9. The fourth-order valence-electron chi connectivity index (χ4n) is 8.50. The van der Waals surface area contributed by atoms with Crippen LogP contribution in [-0.2, 0) is 36.9 Å². The topological polar surface area (TPSA) is 211 Å². The first-order valence-corrected chi connectivity index (χ1v) is 24.5. The normalized spacial score (nSPS) is 16.3. The number of esters is 1. The molecular formula is C51H70N6O10S. The molecule has 3 amide bonds. The molecular weight excluding hydrogens is 889 g/mol. The number of amides is 3. The number of carboxylic acids is 1. The molecule has 16 nitrogen and oxygen atoms in total. The van der Waals surface area contributed by atoms with E-state index < -0.39 is 52.4 Å². The number of unbranched alkanes of at least 4 members (excludes halogenated alkanes) is 2. The predicted molar refractivity (Wildman–Crippen MR) is 261 cm³/mol. The van der Waals surface area contributed by atoms with Gasteiger partial charge in [0.25, 0.3) is 5.91 Å². The monoisotopic (exact) mass is 958 g/mol.